The number of hydrogen-bond donors (Lipinski definition) is 0. The van der Waals surface area contributed by atoms with Gasteiger partial charge in [0.25, 0.3) is 0 Å². The third kappa shape index (κ3) is 6.17. The molecular formula is C20H4Br10O4. The van der Waals surface area contributed by atoms with Gasteiger partial charge in [0.05, 0.1) is 46.9 Å². The molecule has 0 heterocycles. The quantitative estimate of drug-likeness (QED) is 0.113. The van der Waals surface area contributed by atoms with E-state index in [-0.39, 0.29) is 22.6 Å². The second-order valence-electron chi connectivity index (χ2n) is 6.15. The van der Waals surface area contributed by atoms with Crippen LogP contribution in [0.2, 0.25) is 0 Å². The van der Waals surface area contributed by atoms with Crippen LogP contribution < -0.4 is 9.47 Å². The average Bonchev–Trinajstić information content (AvgIpc) is 2.84. The summed E-state index contributed by atoms with van der Waals surface area (Å²) in [5, 5.41) is 0. The van der Waals surface area contributed by atoms with E-state index in [1.54, 1.807) is 0 Å². The van der Waals surface area contributed by atoms with Crippen LogP contribution in [-0.2, 0) is 0 Å². The molecular weight excluding hydrogens is 1100 g/mol. The first-order valence-electron chi connectivity index (χ1n) is 8.44. The van der Waals surface area contributed by atoms with Crippen molar-refractivity contribution in [3.8, 4) is 11.5 Å². The van der Waals surface area contributed by atoms with Gasteiger partial charge in [0.2, 0.25) is 0 Å². The number of benzene rings is 3. The van der Waals surface area contributed by atoms with Crippen molar-refractivity contribution < 1.29 is 19.1 Å². The van der Waals surface area contributed by atoms with Gasteiger partial charge in [-0.15, -0.1) is 0 Å². The van der Waals surface area contributed by atoms with E-state index < -0.39 is 11.9 Å². The molecule has 0 spiro atoms. The van der Waals surface area contributed by atoms with Crippen molar-refractivity contribution >= 4 is 171 Å². The second-order valence-corrected chi connectivity index (χ2v) is 14.1. The summed E-state index contributed by atoms with van der Waals surface area (Å²) >= 11 is 34.3. The first-order chi connectivity index (χ1) is 15.9. The van der Waals surface area contributed by atoms with Gasteiger partial charge in [-0.3, -0.25) is 0 Å². The fourth-order valence-corrected chi connectivity index (χ4v) is 8.74. The summed E-state index contributed by atoms with van der Waals surface area (Å²) in [5.74, 6) is -0.629. The second kappa shape index (κ2) is 12.5. The minimum Gasteiger partial charge on any atom is -0.420 e. The minimum absolute atomic E-state index is 0.252. The van der Waals surface area contributed by atoms with Crippen molar-refractivity contribution in [2.75, 3.05) is 0 Å². The molecule has 0 aliphatic rings. The first-order valence-corrected chi connectivity index (χ1v) is 16.4. The van der Waals surface area contributed by atoms with E-state index in [4.69, 9.17) is 9.47 Å². The predicted molar refractivity (Wildman–Crippen MR) is 166 cm³/mol. The van der Waals surface area contributed by atoms with E-state index in [1.807, 2.05) is 0 Å². The molecule has 0 fully saturated rings. The van der Waals surface area contributed by atoms with Gasteiger partial charge in [0, 0.05) is 8.95 Å². The SMILES string of the molecule is O=C(Oc1c(Br)c(Br)c(Br)c(Br)c1Br)c1ccc(C(=O)Oc2c(Br)c(Br)c(Br)c(Br)c2Br)cc1. The number of rotatable bonds is 4. The number of hydrogen-bond acceptors (Lipinski definition) is 4. The van der Waals surface area contributed by atoms with Crippen molar-refractivity contribution in [3.63, 3.8) is 0 Å². The highest BCUT2D eigenvalue weighted by Gasteiger charge is 2.24. The summed E-state index contributed by atoms with van der Waals surface area (Å²) in [6, 6.07) is 5.95. The van der Waals surface area contributed by atoms with E-state index in [1.165, 1.54) is 24.3 Å². The number of carbonyl (C=O) groups excluding carboxylic acids is 2. The fourth-order valence-electron chi connectivity index (χ4n) is 2.39. The summed E-state index contributed by atoms with van der Waals surface area (Å²) < 4.78 is 17.5. The number of esters is 2. The first kappa shape index (κ1) is 29.9. The molecule has 0 unspecified atom stereocenters. The van der Waals surface area contributed by atoms with Crippen LogP contribution in [0.25, 0.3) is 0 Å². The van der Waals surface area contributed by atoms with Crippen LogP contribution in [0.1, 0.15) is 20.7 Å². The normalized spacial score (nSPS) is 10.9. The smallest absolute Gasteiger partial charge is 0.343 e. The fraction of sp³-hybridized carbons (Fsp3) is 0. The molecule has 3 aromatic rings. The molecule has 0 aromatic heterocycles. The van der Waals surface area contributed by atoms with E-state index in [9.17, 15) is 9.59 Å². The van der Waals surface area contributed by atoms with Gasteiger partial charge in [0.1, 0.15) is 0 Å². The zero-order valence-electron chi connectivity index (χ0n) is 15.7. The van der Waals surface area contributed by atoms with Crippen molar-refractivity contribution in [2.24, 2.45) is 0 Å². The molecule has 34 heavy (non-hydrogen) atoms. The Morgan fingerprint density at radius 1 is 0.412 bits per heavy atom. The lowest BCUT2D eigenvalue weighted by molar-refractivity contribution is 0.0717. The predicted octanol–water partition coefficient (Wildman–Crippen LogP) is 11.7. The molecule has 14 heteroatoms. The Bertz CT molecular complexity index is 1180. The molecule has 0 radical (unpaired) electrons. The highest BCUT2D eigenvalue weighted by Crippen LogP contribution is 2.50. The Morgan fingerprint density at radius 3 is 0.853 bits per heavy atom. The summed E-state index contributed by atoms with van der Waals surface area (Å²) in [5.41, 5.74) is 0.504. The highest BCUT2D eigenvalue weighted by molar-refractivity contribution is 9.16. The Balaban J connectivity index is 1.83. The third-order valence-corrected chi connectivity index (χ3v) is 16.1. The Labute approximate surface area is 278 Å². The summed E-state index contributed by atoms with van der Waals surface area (Å²) in [4.78, 5) is 25.5. The molecule has 0 saturated heterocycles. The molecule has 0 N–H and O–H groups in total. The lowest BCUT2D eigenvalue weighted by atomic mass is 10.1. The summed E-state index contributed by atoms with van der Waals surface area (Å²) in [6.45, 7) is 0. The van der Waals surface area contributed by atoms with Crippen LogP contribution in [0.4, 0.5) is 0 Å². The number of carbonyl (C=O) groups is 2. The van der Waals surface area contributed by atoms with Gasteiger partial charge in [-0.25, -0.2) is 9.59 Å². The molecule has 0 bridgehead atoms. The van der Waals surface area contributed by atoms with Gasteiger partial charge in [0.15, 0.2) is 11.5 Å². The van der Waals surface area contributed by atoms with E-state index >= 15 is 0 Å². The molecule has 0 aliphatic heterocycles. The number of ether oxygens (including phenoxy) is 2. The van der Waals surface area contributed by atoms with E-state index in [0.29, 0.717) is 35.8 Å². The van der Waals surface area contributed by atoms with Crippen LogP contribution in [0.5, 0.6) is 11.5 Å². The van der Waals surface area contributed by atoms with Crippen molar-refractivity contribution in [3.05, 3.63) is 80.1 Å². The topological polar surface area (TPSA) is 52.6 Å². The highest BCUT2D eigenvalue weighted by atomic mass is 79.9. The van der Waals surface area contributed by atoms with Gasteiger partial charge >= 0.3 is 11.9 Å². The summed E-state index contributed by atoms with van der Waals surface area (Å²) in [6.07, 6.45) is 0. The minimum atomic E-state index is -0.603. The Kier molecular flexibility index (Phi) is 11.0. The standard InChI is InChI=1S/C20H4Br10O4/c21-7-9(23)13(27)17(14(28)10(7)24)33-19(31)5-1-2-6(4-3-5)20(32)34-18-15(29)11(25)8(22)12(26)16(18)30/h1-4H. The van der Waals surface area contributed by atoms with Gasteiger partial charge < -0.3 is 9.47 Å². The molecule has 0 saturated carbocycles. The maximum Gasteiger partial charge on any atom is 0.343 e. The van der Waals surface area contributed by atoms with Crippen LogP contribution in [0, 0.1) is 0 Å². The van der Waals surface area contributed by atoms with Gasteiger partial charge in [-0.1, -0.05) is 0 Å². The molecule has 0 aliphatic carbocycles. The molecule has 0 atom stereocenters. The van der Waals surface area contributed by atoms with E-state index in [0.717, 1.165) is 8.95 Å². The molecule has 3 aromatic carbocycles. The van der Waals surface area contributed by atoms with Gasteiger partial charge in [-0.2, -0.15) is 0 Å². The zero-order chi connectivity index (χ0) is 25.5. The lowest BCUT2D eigenvalue weighted by Crippen LogP contribution is -2.12. The van der Waals surface area contributed by atoms with Crippen molar-refractivity contribution in [1.29, 1.82) is 0 Å². The lowest BCUT2D eigenvalue weighted by Gasteiger charge is -2.14. The van der Waals surface area contributed by atoms with Crippen molar-refractivity contribution in [2.45, 2.75) is 0 Å². The maximum absolute atomic E-state index is 12.7. The van der Waals surface area contributed by atoms with Gasteiger partial charge in [-0.05, 0) is 184 Å². The maximum atomic E-state index is 12.7. The monoisotopic (exact) mass is 1100 g/mol. The van der Waals surface area contributed by atoms with Crippen LogP contribution in [-0.4, -0.2) is 11.9 Å². The number of halogens is 10. The van der Waals surface area contributed by atoms with Crippen molar-refractivity contribution in [1.82, 2.24) is 0 Å². The molecule has 0 amide bonds. The molecule has 3 rings (SSSR count). The van der Waals surface area contributed by atoms with Crippen LogP contribution in [0.15, 0.2) is 69.0 Å². The zero-order valence-corrected chi connectivity index (χ0v) is 31.6. The average molecular weight is 1110 g/mol. The third-order valence-electron chi connectivity index (χ3n) is 4.08. The molecule has 4 nitrogen and oxygen atoms in total. The Hall–Kier alpha value is 1.40. The van der Waals surface area contributed by atoms with Crippen LogP contribution >= 0.6 is 159 Å². The van der Waals surface area contributed by atoms with E-state index in [2.05, 4.69) is 159 Å². The molecule has 178 valence electrons. The Morgan fingerprint density at radius 2 is 0.618 bits per heavy atom. The largest absolute Gasteiger partial charge is 0.420 e. The summed E-state index contributed by atoms with van der Waals surface area (Å²) in [7, 11) is 0. The van der Waals surface area contributed by atoms with Crippen LogP contribution in [0.3, 0.4) is 0 Å².